The molecule has 0 fully saturated rings. The van der Waals surface area contributed by atoms with Crippen LogP contribution in [0.25, 0.3) is 0 Å². The molecule has 148 valence electrons. The third-order valence-corrected chi connectivity index (χ3v) is 4.62. The van der Waals surface area contributed by atoms with Crippen LogP contribution in [0.1, 0.15) is 32.1 Å². The molecule has 0 bridgehead atoms. The molecule has 0 atom stereocenters. The van der Waals surface area contributed by atoms with Crippen LogP contribution < -0.4 is 15.5 Å². The molecule has 6 heteroatoms. The summed E-state index contributed by atoms with van der Waals surface area (Å²) in [6.45, 7) is 4.00. The molecular weight excluding hydrogens is 364 g/mol. The third kappa shape index (κ3) is 4.99. The molecule has 1 aromatic heterocycles. The monoisotopic (exact) mass is 388 g/mol. The zero-order valence-electron chi connectivity index (χ0n) is 17.0. The smallest absolute Gasteiger partial charge is 0.274 e. The van der Waals surface area contributed by atoms with Crippen LogP contribution in [-0.2, 0) is 0 Å². The lowest BCUT2D eigenvalue weighted by Gasteiger charge is -2.13. The predicted octanol–water partition coefficient (Wildman–Crippen LogP) is 4.27. The lowest BCUT2D eigenvalue weighted by Crippen LogP contribution is -2.18. The highest BCUT2D eigenvalue weighted by atomic mass is 16.2. The van der Waals surface area contributed by atoms with E-state index in [0.717, 1.165) is 16.8 Å². The fourth-order valence-corrected chi connectivity index (χ4v) is 2.74. The number of amides is 2. The number of aryl methyl sites for hydroxylation is 2. The summed E-state index contributed by atoms with van der Waals surface area (Å²) in [4.78, 5) is 31.3. The van der Waals surface area contributed by atoms with E-state index in [4.69, 9.17) is 0 Å². The van der Waals surface area contributed by atoms with Crippen LogP contribution in [0.5, 0.6) is 0 Å². The molecule has 3 aromatic rings. The predicted molar refractivity (Wildman–Crippen MR) is 117 cm³/mol. The summed E-state index contributed by atoms with van der Waals surface area (Å²) < 4.78 is 0. The molecule has 0 radical (unpaired) electrons. The number of hydrogen-bond donors (Lipinski definition) is 2. The van der Waals surface area contributed by atoms with Gasteiger partial charge in [-0.3, -0.25) is 9.59 Å². The van der Waals surface area contributed by atoms with E-state index in [0.29, 0.717) is 11.4 Å². The van der Waals surface area contributed by atoms with E-state index >= 15 is 0 Å². The van der Waals surface area contributed by atoms with Crippen molar-refractivity contribution in [2.75, 3.05) is 29.6 Å². The van der Waals surface area contributed by atoms with Crippen molar-refractivity contribution in [1.82, 2.24) is 4.98 Å². The van der Waals surface area contributed by atoms with Gasteiger partial charge in [-0.15, -0.1) is 0 Å². The maximum absolute atomic E-state index is 12.5. The maximum Gasteiger partial charge on any atom is 0.274 e. The molecule has 0 saturated carbocycles. The quantitative estimate of drug-likeness (QED) is 0.685. The van der Waals surface area contributed by atoms with E-state index in [9.17, 15) is 9.59 Å². The van der Waals surface area contributed by atoms with Crippen LogP contribution in [0.4, 0.5) is 17.1 Å². The van der Waals surface area contributed by atoms with Crippen molar-refractivity contribution < 1.29 is 9.59 Å². The maximum atomic E-state index is 12.5. The minimum Gasteiger partial charge on any atom is -0.378 e. The fourth-order valence-electron chi connectivity index (χ4n) is 2.74. The Bertz CT molecular complexity index is 1040. The minimum absolute atomic E-state index is 0.175. The molecule has 1 heterocycles. The lowest BCUT2D eigenvalue weighted by atomic mass is 10.1. The molecule has 2 N–H and O–H groups in total. The van der Waals surface area contributed by atoms with Crippen LogP contribution in [-0.4, -0.2) is 30.9 Å². The minimum atomic E-state index is -0.372. The zero-order valence-corrected chi connectivity index (χ0v) is 17.0. The number of nitrogens with zero attached hydrogens (tertiary/aromatic N) is 2. The van der Waals surface area contributed by atoms with E-state index in [2.05, 4.69) is 15.6 Å². The number of aromatic nitrogens is 1. The van der Waals surface area contributed by atoms with Gasteiger partial charge in [-0.1, -0.05) is 12.1 Å². The fraction of sp³-hybridized carbons (Fsp3) is 0.174. The van der Waals surface area contributed by atoms with Gasteiger partial charge in [0.25, 0.3) is 11.8 Å². The lowest BCUT2D eigenvalue weighted by molar-refractivity contribution is 0.101. The van der Waals surface area contributed by atoms with Crippen molar-refractivity contribution in [3.8, 4) is 0 Å². The van der Waals surface area contributed by atoms with Gasteiger partial charge < -0.3 is 15.5 Å². The second kappa shape index (κ2) is 8.56. The van der Waals surface area contributed by atoms with Gasteiger partial charge in [0.1, 0.15) is 11.4 Å². The number of benzene rings is 2. The van der Waals surface area contributed by atoms with Gasteiger partial charge in [-0.05, 0) is 73.5 Å². The van der Waals surface area contributed by atoms with Gasteiger partial charge in [0, 0.05) is 31.2 Å². The summed E-state index contributed by atoms with van der Waals surface area (Å²) in [5.74, 6) is -0.735. The van der Waals surface area contributed by atoms with E-state index in [1.54, 1.807) is 18.2 Å². The highest BCUT2D eigenvalue weighted by Crippen LogP contribution is 2.17. The molecule has 0 spiro atoms. The van der Waals surface area contributed by atoms with Gasteiger partial charge in [0.05, 0.1) is 0 Å². The number of rotatable bonds is 5. The van der Waals surface area contributed by atoms with Gasteiger partial charge in [-0.2, -0.15) is 0 Å². The molecule has 0 saturated heterocycles. The van der Waals surface area contributed by atoms with Crippen molar-refractivity contribution >= 4 is 28.9 Å². The van der Waals surface area contributed by atoms with Crippen molar-refractivity contribution in [2.45, 2.75) is 13.8 Å². The number of carbonyl (C=O) groups is 2. The Hall–Kier alpha value is -3.67. The Labute approximate surface area is 170 Å². The second-order valence-electron chi connectivity index (χ2n) is 7.06. The van der Waals surface area contributed by atoms with Crippen molar-refractivity contribution in [1.29, 1.82) is 0 Å². The van der Waals surface area contributed by atoms with Crippen LogP contribution in [0.15, 0.2) is 60.7 Å². The second-order valence-corrected chi connectivity index (χ2v) is 7.06. The molecule has 2 aromatic carbocycles. The number of hydrogen-bond acceptors (Lipinski definition) is 4. The number of nitrogens with one attached hydrogen (secondary N) is 2. The zero-order chi connectivity index (χ0) is 21.0. The summed E-state index contributed by atoms with van der Waals surface area (Å²) in [5, 5.41) is 5.62. The van der Waals surface area contributed by atoms with E-state index in [1.165, 1.54) is 0 Å². The van der Waals surface area contributed by atoms with Crippen molar-refractivity contribution in [3.63, 3.8) is 0 Å². The van der Waals surface area contributed by atoms with Crippen molar-refractivity contribution in [3.05, 3.63) is 83.2 Å². The highest BCUT2D eigenvalue weighted by Gasteiger charge is 2.13. The molecular formula is C23H24N4O2. The summed E-state index contributed by atoms with van der Waals surface area (Å²) >= 11 is 0. The first-order valence-electron chi connectivity index (χ1n) is 9.28. The summed E-state index contributed by atoms with van der Waals surface area (Å²) in [7, 11) is 3.90. The average Bonchev–Trinajstić information content (AvgIpc) is 2.71. The first-order chi connectivity index (χ1) is 13.8. The highest BCUT2D eigenvalue weighted by molar-refractivity contribution is 6.06. The summed E-state index contributed by atoms with van der Waals surface area (Å²) in [6.07, 6.45) is 0. The van der Waals surface area contributed by atoms with Gasteiger partial charge in [0.15, 0.2) is 0 Å². The molecule has 2 amide bonds. The van der Waals surface area contributed by atoms with E-state index in [1.807, 2.05) is 75.3 Å². The third-order valence-electron chi connectivity index (χ3n) is 4.62. The molecule has 3 rings (SSSR count). The Balaban J connectivity index is 1.71. The number of pyridine rings is 1. The van der Waals surface area contributed by atoms with Gasteiger partial charge in [-0.25, -0.2) is 4.98 Å². The van der Waals surface area contributed by atoms with Gasteiger partial charge in [0.2, 0.25) is 0 Å². The van der Waals surface area contributed by atoms with Crippen LogP contribution in [0.2, 0.25) is 0 Å². The Kier molecular flexibility index (Phi) is 5.93. The Morgan fingerprint density at radius 2 is 1.31 bits per heavy atom. The molecule has 29 heavy (non-hydrogen) atoms. The molecule has 0 unspecified atom stereocenters. The standard InChI is InChI=1S/C23H24N4O2/c1-15-8-9-18(14-16(15)2)25-23(29)21-7-5-6-20(26-21)22(28)24-17-10-12-19(13-11-17)27(3)4/h5-14H,1-4H3,(H,24,28)(H,25,29). The molecule has 6 nitrogen and oxygen atoms in total. The van der Waals surface area contributed by atoms with Gasteiger partial charge >= 0.3 is 0 Å². The topological polar surface area (TPSA) is 74.3 Å². The van der Waals surface area contributed by atoms with Crippen molar-refractivity contribution in [2.24, 2.45) is 0 Å². The normalized spacial score (nSPS) is 10.3. The Morgan fingerprint density at radius 3 is 1.86 bits per heavy atom. The van der Waals surface area contributed by atoms with Crippen LogP contribution in [0.3, 0.4) is 0 Å². The van der Waals surface area contributed by atoms with Crippen LogP contribution in [0, 0.1) is 13.8 Å². The van der Waals surface area contributed by atoms with E-state index < -0.39 is 0 Å². The molecule has 0 aliphatic carbocycles. The summed E-state index contributed by atoms with van der Waals surface area (Å²) in [6, 6.07) is 18.0. The van der Waals surface area contributed by atoms with E-state index in [-0.39, 0.29) is 23.2 Å². The SMILES string of the molecule is Cc1ccc(NC(=O)c2cccc(C(=O)Nc3ccc(N(C)C)cc3)n2)cc1C. The first-order valence-corrected chi connectivity index (χ1v) is 9.28. The Morgan fingerprint density at radius 1 is 0.759 bits per heavy atom. The molecule has 0 aliphatic heterocycles. The first kappa shape index (κ1) is 20.1. The van der Waals surface area contributed by atoms with Crippen LogP contribution >= 0.6 is 0 Å². The number of carbonyl (C=O) groups excluding carboxylic acids is 2. The number of anilines is 3. The summed E-state index contributed by atoms with van der Waals surface area (Å²) in [5.41, 5.74) is 4.98. The molecule has 0 aliphatic rings. The largest absolute Gasteiger partial charge is 0.378 e. The average molecular weight is 388 g/mol.